The van der Waals surface area contributed by atoms with Crippen molar-refractivity contribution in [1.82, 2.24) is 4.57 Å². The van der Waals surface area contributed by atoms with E-state index < -0.39 is 0 Å². The van der Waals surface area contributed by atoms with E-state index in [1.54, 1.807) is 0 Å². The van der Waals surface area contributed by atoms with Crippen molar-refractivity contribution in [2.45, 2.75) is 70.8 Å². The lowest BCUT2D eigenvalue weighted by Crippen LogP contribution is -2.49. The summed E-state index contributed by atoms with van der Waals surface area (Å²) < 4.78 is 14.7. The van der Waals surface area contributed by atoms with Crippen molar-refractivity contribution in [3.63, 3.8) is 0 Å². The number of imidazole rings is 1. The smallest absolute Gasteiger partial charge is 0.304 e. The van der Waals surface area contributed by atoms with Crippen LogP contribution in [0.15, 0.2) is 181 Å². The highest BCUT2D eigenvalue weighted by Gasteiger charge is 2.44. The van der Waals surface area contributed by atoms with E-state index in [-0.39, 0.29) is 23.8 Å². The molecule has 324 valence electrons. The second-order valence-corrected chi connectivity index (χ2v) is 19.2. The maximum atomic E-state index is 10.0. The van der Waals surface area contributed by atoms with Gasteiger partial charge in [0.05, 0.1) is 18.1 Å². The Hall–Kier alpha value is -7.81. The van der Waals surface area contributed by atoms with Crippen molar-refractivity contribution >= 4 is 38.7 Å². The molecule has 5 heteroatoms. The van der Waals surface area contributed by atoms with Crippen LogP contribution < -0.4 is 9.13 Å². The van der Waals surface area contributed by atoms with Gasteiger partial charge in [0.15, 0.2) is 28.9 Å². The molecule has 2 atom stereocenters. The molecule has 0 radical (unpaired) electrons. The first-order valence-electron chi connectivity index (χ1n) is 23.8. The Morgan fingerprint density at radius 2 is 1.36 bits per heavy atom. The molecule has 67 heavy (non-hydrogen) atoms. The van der Waals surface area contributed by atoms with E-state index in [9.17, 15) is 5.26 Å². The first-order chi connectivity index (χ1) is 32.8. The molecule has 12 rings (SSSR count). The molecule has 2 unspecified atom stereocenters. The molecule has 0 saturated heterocycles. The zero-order chi connectivity index (χ0) is 45.5. The van der Waals surface area contributed by atoms with Crippen LogP contribution in [0.5, 0.6) is 0 Å². The SMILES string of the molecule is C=C1CC2C(CCc3ccc4c(oc5cc(C#N)ccc54)c3-c3n(-c4c(C(C)C)cc(-c5ccc(-c6ccccc6)cc5)cc4C(C)C)c4ccccc4[n+]31)c1ccccc1-c1cccc[n+]12. The molecular formula is C62H52N4O+2. The first-order valence-corrected chi connectivity index (χ1v) is 23.8. The van der Waals surface area contributed by atoms with Gasteiger partial charge in [-0.25, -0.2) is 0 Å². The topological polar surface area (TPSA) is 49.6 Å². The van der Waals surface area contributed by atoms with Crippen LogP contribution in [0.25, 0.3) is 89.3 Å². The summed E-state index contributed by atoms with van der Waals surface area (Å²) in [6, 6.07) is 62.0. The predicted molar refractivity (Wildman–Crippen MR) is 272 cm³/mol. The van der Waals surface area contributed by atoms with Gasteiger partial charge in [-0.15, -0.1) is 0 Å². The standard InChI is InChI=1S/C62H52N4O/c1-38(2)52-35-46(44-25-23-43(24-26-44)42-15-7-6-8-16-42)36-53(39(3)4)60(52)66-56-21-12-11-20-55(56)65-40(5)33-57-49(47-17-9-10-18-48(47)54-19-13-14-32-64(54)57)30-27-45-28-31-51-50-29-22-41(37-63)34-58(50)67-61(51)59(45)62(65)66/h6-26,28-29,31-32,34-36,38-39,49,57H,5,27,30,33H2,1-4H3/q+2. The summed E-state index contributed by atoms with van der Waals surface area (Å²) in [5.74, 6) is 1.68. The van der Waals surface area contributed by atoms with Crippen molar-refractivity contribution in [3.05, 3.63) is 204 Å². The monoisotopic (exact) mass is 868 g/mol. The Morgan fingerprint density at radius 3 is 2.12 bits per heavy atom. The third-order valence-corrected chi connectivity index (χ3v) is 14.7. The van der Waals surface area contributed by atoms with Gasteiger partial charge >= 0.3 is 5.82 Å². The molecule has 0 N–H and O–H groups in total. The third kappa shape index (κ3) is 6.49. The van der Waals surface area contributed by atoms with Gasteiger partial charge in [0, 0.05) is 45.5 Å². The molecule has 7 aromatic carbocycles. The maximum Gasteiger partial charge on any atom is 0.304 e. The van der Waals surface area contributed by atoms with Crippen LogP contribution in [0.1, 0.15) is 92.1 Å². The molecule has 0 aliphatic carbocycles. The average molecular weight is 869 g/mol. The molecule has 0 fully saturated rings. The van der Waals surface area contributed by atoms with Gasteiger partial charge in [-0.3, -0.25) is 0 Å². The highest BCUT2D eigenvalue weighted by molar-refractivity contribution is 6.10. The van der Waals surface area contributed by atoms with E-state index in [1.165, 1.54) is 61.5 Å². The summed E-state index contributed by atoms with van der Waals surface area (Å²) in [4.78, 5) is 0. The predicted octanol–water partition coefficient (Wildman–Crippen LogP) is 15.0. The van der Waals surface area contributed by atoms with Crippen molar-refractivity contribution in [1.29, 1.82) is 5.26 Å². The van der Waals surface area contributed by atoms with E-state index in [1.807, 2.05) is 18.2 Å². The number of para-hydroxylation sites is 2. The van der Waals surface area contributed by atoms with E-state index in [0.717, 1.165) is 69.3 Å². The number of aromatic nitrogens is 3. The van der Waals surface area contributed by atoms with E-state index in [0.29, 0.717) is 5.56 Å². The van der Waals surface area contributed by atoms with Gasteiger partial charge in [0.1, 0.15) is 22.5 Å². The van der Waals surface area contributed by atoms with Gasteiger partial charge in [0.25, 0.3) is 0 Å². The van der Waals surface area contributed by atoms with Crippen LogP contribution in [0.2, 0.25) is 0 Å². The number of allylic oxidation sites excluding steroid dienone is 1. The largest absolute Gasteiger partial charge is 0.455 e. The number of fused-ring (bicyclic) bond motifs is 15. The molecule has 0 amide bonds. The fourth-order valence-electron chi connectivity index (χ4n) is 11.5. The quantitative estimate of drug-likeness (QED) is 0.162. The number of furan rings is 1. The Labute approximate surface area is 392 Å². The second kappa shape index (κ2) is 16.0. The van der Waals surface area contributed by atoms with E-state index in [4.69, 9.17) is 11.0 Å². The molecule has 2 aliphatic rings. The summed E-state index contributed by atoms with van der Waals surface area (Å²) in [5, 5.41) is 12.0. The lowest BCUT2D eigenvalue weighted by molar-refractivity contribution is -0.719. The minimum Gasteiger partial charge on any atom is -0.455 e. The molecule has 2 aliphatic heterocycles. The minimum atomic E-state index is 0.145. The second-order valence-electron chi connectivity index (χ2n) is 19.2. The third-order valence-electron chi connectivity index (χ3n) is 14.7. The number of hydrogen-bond acceptors (Lipinski definition) is 2. The molecule has 10 aromatic rings. The number of pyridine rings is 1. The van der Waals surface area contributed by atoms with Gasteiger partial charge in [-0.2, -0.15) is 19.0 Å². The molecule has 5 heterocycles. The van der Waals surface area contributed by atoms with Crippen LogP contribution in [0, 0.1) is 11.3 Å². The van der Waals surface area contributed by atoms with Crippen molar-refractivity contribution in [2.24, 2.45) is 0 Å². The molecular weight excluding hydrogens is 817 g/mol. The summed E-state index contributed by atoms with van der Waals surface area (Å²) in [6.45, 7) is 14.4. The molecule has 5 nitrogen and oxygen atoms in total. The summed E-state index contributed by atoms with van der Waals surface area (Å²) in [6.07, 6.45) is 4.80. The number of hydrogen-bond donors (Lipinski definition) is 0. The van der Waals surface area contributed by atoms with Gasteiger partial charge in [-0.05, 0) is 113 Å². The molecule has 3 aromatic heterocycles. The van der Waals surface area contributed by atoms with Crippen LogP contribution in [0.3, 0.4) is 0 Å². The number of benzene rings is 7. The highest BCUT2D eigenvalue weighted by atomic mass is 16.3. The van der Waals surface area contributed by atoms with Gasteiger partial charge in [-0.1, -0.05) is 131 Å². The normalized spacial score (nSPS) is 15.6. The average Bonchev–Trinajstić information content (AvgIpc) is 3.91. The number of nitrogens with zero attached hydrogens (tertiary/aromatic N) is 4. The Morgan fingerprint density at radius 1 is 0.687 bits per heavy atom. The maximum absolute atomic E-state index is 10.0. The molecule has 0 saturated carbocycles. The summed E-state index contributed by atoms with van der Waals surface area (Å²) in [7, 11) is 0. The fourth-order valence-corrected chi connectivity index (χ4v) is 11.5. The van der Waals surface area contributed by atoms with Crippen LogP contribution in [0.4, 0.5) is 0 Å². The van der Waals surface area contributed by atoms with Crippen molar-refractivity contribution in [2.75, 3.05) is 0 Å². The highest BCUT2D eigenvalue weighted by Crippen LogP contribution is 2.48. The lowest BCUT2D eigenvalue weighted by Gasteiger charge is -2.31. The number of nitriles is 1. The number of aryl methyl sites for hydroxylation is 1. The lowest BCUT2D eigenvalue weighted by atomic mass is 9.77. The van der Waals surface area contributed by atoms with Crippen LogP contribution in [-0.4, -0.2) is 4.57 Å². The summed E-state index contributed by atoms with van der Waals surface area (Å²) in [5.41, 5.74) is 20.2. The minimum absolute atomic E-state index is 0.145. The first kappa shape index (κ1) is 40.7. The Bertz CT molecular complexity index is 3630. The fraction of sp³-hybridized carbons (Fsp3) is 0.177. The number of rotatable bonds is 5. The van der Waals surface area contributed by atoms with E-state index >= 15 is 0 Å². The zero-order valence-corrected chi connectivity index (χ0v) is 38.5. The zero-order valence-electron chi connectivity index (χ0n) is 38.5. The van der Waals surface area contributed by atoms with Crippen molar-refractivity contribution in [3.8, 4) is 56.7 Å². The Kier molecular flexibility index (Phi) is 9.69. The summed E-state index contributed by atoms with van der Waals surface area (Å²) >= 11 is 0. The van der Waals surface area contributed by atoms with Gasteiger partial charge in [0.2, 0.25) is 5.69 Å². The van der Waals surface area contributed by atoms with Crippen LogP contribution >= 0.6 is 0 Å². The molecule has 0 bridgehead atoms. The van der Waals surface area contributed by atoms with Crippen molar-refractivity contribution < 1.29 is 13.6 Å². The Balaban J connectivity index is 1.16. The van der Waals surface area contributed by atoms with Crippen LogP contribution in [-0.2, 0) is 6.42 Å². The van der Waals surface area contributed by atoms with E-state index in [2.05, 4.69) is 199 Å². The van der Waals surface area contributed by atoms with Gasteiger partial charge < -0.3 is 4.42 Å². The molecule has 0 spiro atoms.